The zero-order valence-electron chi connectivity index (χ0n) is 18.3. The molecule has 6 nitrogen and oxygen atoms in total. The molecule has 33 heavy (non-hydrogen) atoms. The minimum absolute atomic E-state index is 0.0456. The third-order valence-electron chi connectivity index (χ3n) is 6.17. The predicted octanol–water partition coefficient (Wildman–Crippen LogP) is 3.10. The summed E-state index contributed by atoms with van der Waals surface area (Å²) in [7, 11) is 0. The van der Waals surface area contributed by atoms with Crippen molar-refractivity contribution in [3.8, 4) is 0 Å². The van der Waals surface area contributed by atoms with Gasteiger partial charge in [0, 0.05) is 58.6 Å². The van der Waals surface area contributed by atoms with Gasteiger partial charge in [-0.1, -0.05) is 12.1 Å². The van der Waals surface area contributed by atoms with E-state index >= 15 is 0 Å². The number of carbonyl (C=O) groups excluding carboxylic acids is 1. The zero-order valence-corrected chi connectivity index (χ0v) is 18.3. The van der Waals surface area contributed by atoms with Crippen LogP contribution in [0.15, 0.2) is 42.6 Å². The molecule has 3 heterocycles. The molecule has 1 aromatic carbocycles. The Labute approximate surface area is 190 Å². The van der Waals surface area contributed by atoms with Crippen molar-refractivity contribution in [2.24, 2.45) is 0 Å². The fourth-order valence-corrected chi connectivity index (χ4v) is 4.30. The largest absolute Gasteiger partial charge is 0.417 e. The van der Waals surface area contributed by atoms with E-state index in [1.807, 2.05) is 14.7 Å². The Morgan fingerprint density at radius 3 is 2.27 bits per heavy atom. The summed E-state index contributed by atoms with van der Waals surface area (Å²) in [6.07, 6.45) is -2.75. The number of pyridine rings is 1. The lowest BCUT2D eigenvalue weighted by molar-refractivity contribution is -0.137. The van der Waals surface area contributed by atoms with Crippen LogP contribution in [-0.2, 0) is 11.0 Å². The second-order valence-electron chi connectivity index (χ2n) is 8.34. The standard InChI is InChI=1S/C23H27F4N5O/c24-19-4-1-2-5-20(19)30-12-14-32(15-13-30)22(33)17-29-8-3-9-31(11-10-29)21-7-6-18(16-28-21)23(25,26)27/h1-2,4-7,16H,3,8-15,17H2. The molecule has 1 amide bonds. The minimum Gasteiger partial charge on any atom is -0.366 e. The highest BCUT2D eigenvalue weighted by Crippen LogP contribution is 2.29. The van der Waals surface area contributed by atoms with E-state index in [-0.39, 0.29) is 11.7 Å². The van der Waals surface area contributed by atoms with Crippen LogP contribution in [0.4, 0.5) is 29.1 Å². The average molecular weight is 465 g/mol. The van der Waals surface area contributed by atoms with E-state index < -0.39 is 11.7 Å². The first-order chi connectivity index (χ1) is 15.8. The molecule has 0 saturated carbocycles. The van der Waals surface area contributed by atoms with Crippen LogP contribution in [0.3, 0.4) is 0 Å². The lowest BCUT2D eigenvalue weighted by Crippen LogP contribution is -2.51. The maximum absolute atomic E-state index is 14.0. The van der Waals surface area contributed by atoms with Gasteiger partial charge >= 0.3 is 6.18 Å². The summed E-state index contributed by atoms with van der Waals surface area (Å²) in [5.74, 6) is 0.304. The van der Waals surface area contributed by atoms with Crippen molar-refractivity contribution < 1.29 is 22.4 Å². The Kier molecular flexibility index (Phi) is 7.02. The van der Waals surface area contributed by atoms with E-state index in [2.05, 4.69) is 9.88 Å². The smallest absolute Gasteiger partial charge is 0.366 e. The van der Waals surface area contributed by atoms with Crippen LogP contribution in [0.2, 0.25) is 0 Å². The second kappa shape index (κ2) is 9.94. The number of halogens is 4. The number of rotatable bonds is 4. The fourth-order valence-electron chi connectivity index (χ4n) is 4.30. The van der Waals surface area contributed by atoms with E-state index in [1.54, 1.807) is 18.2 Å². The number of para-hydroxylation sites is 1. The number of amides is 1. The van der Waals surface area contributed by atoms with Crippen LogP contribution in [0, 0.1) is 5.82 Å². The van der Waals surface area contributed by atoms with Gasteiger partial charge in [0.25, 0.3) is 0 Å². The highest BCUT2D eigenvalue weighted by atomic mass is 19.4. The predicted molar refractivity (Wildman–Crippen MR) is 118 cm³/mol. The Morgan fingerprint density at radius 2 is 1.61 bits per heavy atom. The molecule has 2 aliphatic rings. The Hall–Kier alpha value is -2.88. The molecule has 4 rings (SSSR count). The highest BCUT2D eigenvalue weighted by Gasteiger charge is 2.31. The summed E-state index contributed by atoms with van der Waals surface area (Å²) >= 11 is 0. The monoisotopic (exact) mass is 465 g/mol. The number of hydrogen-bond acceptors (Lipinski definition) is 5. The first-order valence-electron chi connectivity index (χ1n) is 11.1. The van der Waals surface area contributed by atoms with Gasteiger partial charge in [-0.25, -0.2) is 9.37 Å². The quantitative estimate of drug-likeness (QED) is 0.650. The van der Waals surface area contributed by atoms with Crippen LogP contribution in [-0.4, -0.2) is 79.6 Å². The molecular formula is C23H27F4N5O. The number of piperazine rings is 1. The molecule has 2 fully saturated rings. The van der Waals surface area contributed by atoms with Crippen LogP contribution >= 0.6 is 0 Å². The topological polar surface area (TPSA) is 42.9 Å². The fraction of sp³-hybridized carbons (Fsp3) is 0.478. The number of aromatic nitrogens is 1. The molecule has 2 saturated heterocycles. The van der Waals surface area contributed by atoms with Crippen LogP contribution < -0.4 is 9.80 Å². The van der Waals surface area contributed by atoms with Gasteiger partial charge in [-0.3, -0.25) is 9.69 Å². The van der Waals surface area contributed by atoms with Crippen LogP contribution in [0.5, 0.6) is 0 Å². The van der Waals surface area contributed by atoms with Crippen molar-refractivity contribution in [2.75, 3.05) is 68.7 Å². The van der Waals surface area contributed by atoms with Gasteiger partial charge in [0.2, 0.25) is 5.91 Å². The third-order valence-corrected chi connectivity index (χ3v) is 6.17. The van der Waals surface area contributed by atoms with Gasteiger partial charge in [-0.05, 0) is 30.7 Å². The molecule has 0 aliphatic carbocycles. The molecule has 1 aromatic heterocycles. The number of benzene rings is 1. The van der Waals surface area contributed by atoms with E-state index in [9.17, 15) is 22.4 Å². The molecule has 178 valence electrons. The summed E-state index contributed by atoms with van der Waals surface area (Å²) in [5.41, 5.74) is -0.197. The zero-order chi connectivity index (χ0) is 23.4. The number of anilines is 2. The van der Waals surface area contributed by atoms with E-state index in [0.717, 1.165) is 25.2 Å². The first-order valence-corrected chi connectivity index (χ1v) is 11.1. The van der Waals surface area contributed by atoms with Gasteiger partial charge in [0.1, 0.15) is 11.6 Å². The van der Waals surface area contributed by atoms with E-state index in [1.165, 1.54) is 12.1 Å². The summed E-state index contributed by atoms with van der Waals surface area (Å²) < 4.78 is 52.3. The van der Waals surface area contributed by atoms with Gasteiger partial charge < -0.3 is 14.7 Å². The number of carbonyl (C=O) groups is 1. The molecule has 0 spiro atoms. The van der Waals surface area contributed by atoms with Crippen molar-refractivity contribution in [3.63, 3.8) is 0 Å². The normalized spacial score (nSPS) is 18.4. The molecule has 0 unspecified atom stereocenters. The van der Waals surface area contributed by atoms with Crippen LogP contribution in [0.25, 0.3) is 0 Å². The van der Waals surface area contributed by atoms with Crippen molar-refractivity contribution >= 4 is 17.4 Å². The molecular weight excluding hydrogens is 438 g/mol. The van der Waals surface area contributed by atoms with Gasteiger partial charge in [-0.2, -0.15) is 13.2 Å². The summed E-state index contributed by atoms with van der Waals surface area (Å²) in [6, 6.07) is 9.11. The van der Waals surface area contributed by atoms with Gasteiger partial charge in [0.05, 0.1) is 17.8 Å². The molecule has 2 aromatic rings. The van der Waals surface area contributed by atoms with Gasteiger partial charge in [0.15, 0.2) is 0 Å². The lowest BCUT2D eigenvalue weighted by Gasteiger charge is -2.37. The van der Waals surface area contributed by atoms with E-state index in [4.69, 9.17) is 0 Å². The summed E-state index contributed by atoms with van der Waals surface area (Å²) in [5, 5.41) is 0. The number of alkyl halides is 3. The van der Waals surface area contributed by atoms with Crippen molar-refractivity contribution in [1.82, 2.24) is 14.8 Å². The Balaban J connectivity index is 1.26. The Bertz CT molecular complexity index is 945. The number of hydrogen-bond donors (Lipinski definition) is 0. The third kappa shape index (κ3) is 5.73. The minimum atomic E-state index is -4.40. The summed E-state index contributed by atoms with van der Waals surface area (Å²) in [4.78, 5) is 24.6. The van der Waals surface area contributed by atoms with E-state index in [0.29, 0.717) is 63.9 Å². The highest BCUT2D eigenvalue weighted by molar-refractivity contribution is 5.78. The van der Waals surface area contributed by atoms with Crippen molar-refractivity contribution in [1.29, 1.82) is 0 Å². The first kappa shape index (κ1) is 23.3. The van der Waals surface area contributed by atoms with Crippen LogP contribution in [0.1, 0.15) is 12.0 Å². The molecule has 2 aliphatic heterocycles. The SMILES string of the molecule is O=C(CN1CCCN(c2ccc(C(F)(F)F)cn2)CC1)N1CCN(c2ccccc2F)CC1. The van der Waals surface area contributed by atoms with Crippen molar-refractivity contribution in [3.05, 3.63) is 54.0 Å². The summed E-state index contributed by atoms with van der Waals surface area (Å²) in [6.45, 7) is 5.18. The second-order valence-corrected chi connectivity index (χ2v) is 8.34. The van der Waals surface area contributed by atoms with Crippen molar-refractivity contribution in [2.45, 2.75) is 12.6 Å². The lowest BCUT2D eigenvalue weighted by atomic mass is 10.2. The maximum Gasteiger partial charge on any atom is 0.417 e. The molecule has 0 N–H and O–H groups in total. The average Bonchev–Trinajstić information content (AvgIpc) is 3.05. The molecule has 10 heteroatoms. The molecule has 0 radical (unpaired) electrons. The van der Waals surface area contributed by atoms with Gasteiger partial charge in [-0.15, -0.1) is 0 Å². The molecule has 0 atom stereocenters. The Morgan fingerprint density at radius 1 is 0.879 bits per heavy atom. The molecule has 0 bridgehead atoms. The maximum atomic E-state index is 14.0. The number of nitrogens with zero attached hydrogens (tertiary/aromatic N) is 5.